The van der Waals surface area contributed by atoms with Crippen molar-refractivity contribution in [2.24, 2.45) is 11.7 Å². The Morgan fingerprint density at radius 1 is 1.25 bits per heavy atom. The highest BCUT2D eigenvalue weighted by Crippen LogP contribution is 2.33. The van der Waals surface area contributed by atoms with E-state index in [1.165, 1.54) is 0 Å². The van der Waals surface area contributed by atoms with Crippen LogP contribution in [0.1, 0.15) is 55.8 Å². The molecule has 2 aromatic heterocycles. The van der Waals surface area contributed by atoms with Gasteiger partial charge in [-0.3, -0.25) is 4.79 Å². The van der Waals surface area contributed by atoms with E-state index in [-0.39, 0.29) is 30.0 Å². The Balaban J connectivity index is 1.39. The average Bonchev–Trinajstić information content (AvgIpc) is 3.43. The van der Waals surface area contributed by atoms with Crippen molar-refractivity contribution < 1.29 is 4.79 Å². The fraction of sp³-hybridized carbons (Fsp3) is 0.652. The number of hydrogen-bond acceptors (Lipinski definition) is 7. The maximum atomic E-state index is 13.4. The molecular formula is C23H32N8O. The predicted octanol–water partition coefficient (Wildman–Crippen LogP) is 1.52. The number of fused-ring (bicyclic) bond motifs is 1. The highest BCUT2D eigenvalue weighted by molar-refractivity contribution is 5.82. The Kier molecular flexibility index (Phi) is 5.74. The number of carbonyl (C=O) groups is 1. The molecule has 3 aliphatic heterocycles. The third-order valence-electron chi connectivity index (χ3n) is 7.17. The number of rotatable bonds is 3. The molecule has 0 spiro atoms. The van der Waals surface area contributed by atoms with Crippen molar-refractivity contribution in [2.75, 3.05) is 31.1 Å². The molecule has 2 unspecified atom stereocenters. The van der Waals surface area contributed by atoms with Gasteiger partial charge >= 0.3 is 0 Å². The number of hydrogen-bond donors (Lipinski definition) is 2. The molecule has 9 heteroatoms. The van der Waals surface area contributed by atoms with Crippen molar-refractivity contribution >= 4 is 17.4 Å². The quantitative estimate of drug-likeness (QED) is 0.749. The summed E-state index contributed by atoms with van der Waals surface area (Å²) in [7, 11) is 0. The van der Waals surface area contributed by atoms with Gasteiger partial charge in [0.15, 0.2) is 5.65 Å². The summed E-state index contributed by atoms with van der Waals surface area (Å²) in [5, 5.41) is 17.3. The summed E-state index contributed by atoms with van der Waals surface area (Å²) in [5.41, 5.74) is 8.90. The SMILES string of the molecule is Cc1cn2nc([C@@H]3CCCCN3C(=O)C3CCC(C#N)CN3)cc2nc1N1CC[C@H](N)C1. The summed E-state index contributed by atoms with van der Waals surface area (Å²) in [6, 6.07) is 4.31. The van der Waals surface area contributed by atoms with Crippen LogP contribution >= 0.6 is 0 Å². The van der Waals surface area contributed by atoms with Crippen LogP contribution in [0.4, 0.5) is 5.82 Å². The minimum atomic E-state index is -0.205. The van der Waals surface area contributed by atoms with Crippen LogP contribution in [0, 0.1) is 24.2 Å². The number of piperidine rings is 2. The van der Waals surface area contributed by atoms with Gasteiger partial charge in [-0.15, -0.1) is 0 Å². The zero-order valence-electron chi connectivity index (χ0n) is 18.7. The summed E-state index contributed by atoms with van der Waals surface area (Å²) in [6.07, 6.45) is 7.52. The van der Waals surface area contributed by atoms with Gasteiger partial charge in [0.1, 0.15) is 5.82 Å². The van der Waals surface area contributed by atoms with Crippen LogP contribution in [-0.4, -0.2) is 63.7 Å². The van der Waals surface area contributed by atoms with Crippen LogP contribution < -0.4 is 16.0 Å². The minimum absolute atomic E-state index is 0.00306. The van der Waals surface area contributed by atoms with Crippen molar-refractivity contribution in [3.8, 4) is 6.07 Å². The Morgan fingerprint density at radius 2 is 2.12 bits per heavy atom. The number of aromatic nitrogens is 3. The molecule has 0 aliphatic carbocycles. The van der Waals surface area contributed by atoms with Crippen molar-refractivity contribution in [1.82, 2.24) is 24.8 Å². The summed E-state index contributed by atoms with van der Waals surface area (Å²) in [4.78, 5) is 22.5. The number of nitriles is 1. The van der Waals surface area contributed by atoms with Gasteiger partial charge in [-0.25, -0.2) is 9.50 Å². The molecule has 3 aliphatic rings. The van der Waals surface area contributed by atoms with Gasteiger partial charge in [-0.1, -0.05) is 0 Å². The summed E-state index contributed by atoms with van der Waals surface area (Å²) < 4.78 is 1.85. The standard InChI is InChI=1S/C23H32N8O/c1-15-13-31-21(27-22(15)29-9-7-17(25)14-29)10-19(28-31)20-4-2-3-8-30(20)23(32)18-6-5-16(11-24)12-26-18/h10,13,16-18,20,26H,2-9,12,14,25H2,1H3/t16?,17-,18?,20-/m0/s1. The van der Waals surface area contributed by atoms with Crippen molar-refractivity contribution in [1.29, 1.82) is 5.26 Å². The van der Waals surface area contributed by atoms with Crippen molar-refractivity contribution in [3.05, 3.63) is 23.5 Å². The Bertz CT molecular complexity index is 1030. The minimum Gasteiger partial charge on any atom is -0.355 e. The molecule has 3 fully saturated rings. The number of anilines is 1. The molecule has 3 saturated heterocycles. The number of nitrogens with zero attached hydrogens (tertiary/aromatic N) is 6. The number of aryl methyl sites for hydroxylation is 1. The molecular weight excluding hydrogens is 404 g/mol. The van der Waals surface area contributed by atoms with Crippen LogP contribution in [0.3, 0.4) is 0 Å². The molecule has 0 radical (unpaired) electrons. The second-order valence-electron chi connectivity index (χ2n) is 9.52. The van der Waals surface area contributed by atoms with E-state index in [2.05, 4.69) is 23.2 Å². The van der Waals surface area contributed by atoms with E-state index in [4.69, 9.17) is 21.1 Å². The first-order chi connectivity index (χ1) is 15.5. The molecule has 1 amide bonds. The molecule has 32 heavy (non-hydrogen) atoms. The normalized spacial score (nSPS) is 28.8. The summed E-state index contributed by atoms with van der Waals surface area (Å²) >= 11 is 0. The van der Waals surface area contributed by atoms with Gasteiger partial charge in [-0.05, 0) is 45.4 Å². The topological polar surface area (TPSA) is 116 Å². The van der Waals surface area contributed by atoms with E-state index < -0.39 is 0 Å². The molecule has 170 valence electrons. The van der Waals surface area contributed by atoms with Gasteiger partial charge in [0.05, 0.1) is 29.8 Å². The van der Waals surface area contributed by atoms with Crippen LogP contribution in [0.2, 0.25) is 0 Å². The highest BCUT2D eigenvalue weighted by Gasteiger charge is 2.35. The van der Waals surface area contributed by atoms with Gasteiger partial charge in [0, 0.05) is 50.0 Å². The van der Waals surface area contributed by atoms with Gasteiger partial charge in [0.25, 0.3) is 0 Å². The van der Waals surface area contributed by atoms with E-state index in [1.807, 2.05) is 21.7 Å². The first-order valence-electron chi connectivity index (χ1n) is 11.8. The van der Waals surface area contributed by atoms with E-state index in [0.29, 0.717) is 13.0 Å². The lowest BCUT2D eigenvalue weighted by Gasteiger charge is -2.38. The number of nitrogens with one attached hydrogen (secondary N) is 1. The third-order valence-corrected chi connectivity index (χ3v) is 7.17. The maximum absolute atomic E-state index is 13.4. The number of likely N-dealkylation sites (tertiary alicyclic amines) is 1. The van der Waals surface area contributed by atoms with E-state index in [9.17, 15) is 4.79 Å². The molecule has 3 N–H and O–H groups in total. The van der Waals surface area contributed by atoms with Gasteiger partial charge < -0.3 is 20.9 Å². The molecule has 0 bridgehead atoms. The van der Waals surface area contributed by atoms with Gasteiger partial charge in [-0.2, -0.15) is 10.4 Å². The molecule has 0 aromatic carbocycles. The van der Waals surface area contributed by atoms with Crippen molar-refractivity contribution in [2.45, 2.75) is 63.6 Å². The molecule has 5 rings (SSSR count). The predicted molar refractivity (Wildman–Crippen MR) is 121 cm³/mol. The molecule has 4 atom stereocenters. The average molecular weight is 437 g/mol. The largest absolute Gasteiger partial charge is 0.355 e. The molecule has 2 aromatic rings. The Labute approximate surface area is 188 Å². The summed E-state index contributed by atoms with van der Waals surface area (Å²) in [5.74, 6) is 1.12. The lowest BCUT2D eigenvalue weighted by atomic mass is 9.93. The first-order valence-corrected chi connectivity index (χ1v) is 11.8. The zero-order valence-corrected chi connectivity index (χ0v) is 18.7. The zero-order chi connectivity index (χ0) is 22.2. The second kappa shape index (κ2) is 8.68. The van der Waals surface area contributed by atoms with E-state index >= 15 is 0 Å². The first kappa shape index (κ1) is 21.2. The highest BCUT2D eigenvalue weighted by atomic mass is 16.2. The second-order valence-corrected chi connectivity index (χ2v) is 9.52. The number of nitrogens with two attached hydrogens (primary N) is 1. The molecule has 5 heterocycles. The maximum Gasteiger partial charge on any atom is 0.240 e. The monoisotopic (exact) mass is 436 g/mol. The van der Waals surface area contributed by atoms with Crippen LogP contribution in [0.25, 0.3) is 5.65 Å². The lowest BCUT2D eigenvalue weighted by Crippen LogP contribution is -2.52. The van der Waals surface area contributed by atoms with Crippen LogP contribution in [0.5, 0.6) is 0 Å². The smallest absolute Gasteiger partial charge is 0.240 e. The van der Waals surface area contributed by atoms with E-state index in [0.717, 1.165) is 74.5 Å². The Morgan fingerprint density at radius 3 is 2.84 bits per heavy atom. The van der Waals surface area contributed by atoms with Crippen LogP contribution in [0.15, 0.2) is 12.3 Å². The fourth-order valence-corrected chi connectivity index (χ4v) is 5.36. The lowest BCUT2D eigenvalue weighted by molar-refractivity contribution is -0.138. The van der Waals surface area contributed by atoms with Crippen LogP contribution in [-0.2, 0) is 4.79 Å². The number of amides is 1. The third kappa shape index (κ3) is 3.93. The van der Waals surface area contributed by atoms with Gasteiger partial charge in [0.2, 0.25) is 5.91 Å². The molecule has 0 saturated carbocycles. The van der Waals surface area contributed by atoms with Crippen molar-refractivity contribution in [3.63, 3.8) is 0 Å². The summed E-state index contributed by atoms with van der Waals surface area (Å²) in [6.45, 7) is 5.16. The molecule has 9 nitrogen and oxygen atoms in total. The Hall–Kier alpha value is -2.70. The van der Waals surface area contributed by atoms with E-state index in [1.54, 1.807) is 0 Å². The number of carbonyl (C=O) groups excluding carboxylic acids is 1. The fourth-order valence-electron chi connectivity index (χ4n) is 5.36.